The number of hydrogen-bond acceptors (Lipinski definition) is 11. The molecule has 0 saturated carbocycles. The van der Waals surface area contributed by atoms with E-state index in [1.807, 2.05) is 0 Å². The van der Waals surface area contributed by atoms with Crippen LogP contribution in [0, 0.1) is 32.1 Å². The smallest absolute Gasteiger partial charge is 0.394 e. The van der Waals surface area contributed by atoms with Crippen molar-refractivity contribution >= 4 is 17.5 Å². The molecule has 6 rings (SSSR count). The highest BCUT2D eigenvalue weighted by molar-refractivity contribution is 5.70. The van der Waals surface area contributed by atoms with Crippen LogP contribution in [0.25, 0.3) is 0 Å². The second kappa shape index (κ2) is 9.91. The van der Waals surface area contributed by atoms with E-state index in [4.69, 9.17) is 28.4 Å². The Bertz CT molecular complexity index is 1160. The molecule has 200 valence electrons. The second-order valence-corrected chi connectivity index (χ2v) is 9.64. The van der Waals surface area contributed by atoms with Crippen LogP contribution >= 0.6 is 0 Å². The van der Waals surface area contributed by atoms with Crippen LogP contribution in [0.15, 0.2) is 36.4 Å². The molecule has 4 aliphatic rings. The molecular weight excluding hydrogens is 504 g/mol. The molecule has 13 nitrogen and oxygen atoms in total. The van der Waals surface area contributed by atoms with Crippen LogP contribution in [-0.4, -0.2) is 41.8 Å². The number of nitro benzene ring substituents is 2. The van der Waals surface area contributed by atoms with E-state index in [-0.39, 0.29) is 45.8 Å². The lowest BCUT2D eigenvalue weighted by atomic mass is 9.97. The molecule has 13 heteroatoms. The van der Waals surface area contributed by atoms with E-state index in [1.165, 1.54) is 36.4 Å². The van der Waals surface area contributed by atoms with Crippen molar-refractivity contribution in [2.45, 2.75) is 50.5 Å². The zero-order chi connectivity index (χ0) is 26.4. The lowest BCUT2D eigenvalue weighted by Gasteiger charge is -2.18. The lowest BCUT2D eigenvalue weighted by Crippen LogP contribution is -2.18. The van der Waals surface area contributed by atoms with Crippen LogP contribution in [0.1, 0.15) is 49.0 Å². The topological polar surface area (TPSA) is 159 Å². The normalized spacial score (nSPS) is 29.6. The zero-order valence-corrected chi connectivity index (χ0v) is 20.1. The van der Waals surface area contributed by atoms with Gasteiger partial charge in [0.2, 0.25) is 0 Å². The number of benzene rings is 2. The fourth-order valence-electron chi connectivity index (χ4n) is 5.74. The van der Waals surface area contributed by atoms with E-state index in [0.717, 1.165) is 12.8 Å². The van der Waals surface area contributed by atoms with Crippen molar-refractivity contribution in [1.82, 2.24) is 0 Å². The third-order valence-electron chi connectivity index (χ3n) is 7.45. The van der Waals surface area contributed by atoms with Crippen LogP contribution < -0.4 is 9.47 Å². The molecule has 2 aromatic rings. The minimum Gasteiger partial charge on any atom is -0.394 e. The lowest BCUT2D eigenvalue weighted by molar-refractivity contribution is -0.386. The first kappa shape index (κ1) is 24.7. The van der Waals surface area contributed by atoms with Crippen molar-refractivity contribution in [3.8, 4) is 11.5 Å². The summed E-state index contributed by atoms with van der Waals surface area (Å²) in [6.07, 6.45) is -1.10. The Morgan fingerprint density at radius 2 is 1.21 bits per heavy atom. The summed E-state index contributed by atoms with van der Waals surface area (Å²) < 4.78 is 33.8. The molecule has 38 heavy (non-hydrogen) atoms. The molecule has 0 bridgehead atoms. The highest BCUT2D eigenvalue weighted by Crippen LogP contribution is 2.49. The maximum atomic E-state index is 13.0. The number of nitro groups is 2. The molecule has 0 aliphatic carbocycles. The Morgan fingerprint density at radius 3 is 1.61 bits per heavy atom. The van der Waals surface area contributed by atoms with Crippen molar-refractivity contribution in [1.29, 1.82) is 0 Å². The summed E-state index contributed by atoms with van der Waals surface area (Å²) in [6.45, 7) is 1.11. The van der Waals surface area contributed by atoms with E-state index in [9.17, 15) is 25.0 Å². The maximum Gasteiger partial charge on any atom is 0.519 e. The molecule has 4 fully saturated rings. The Kier molecular flexibility index (Phi) is 6.43. The van der Waals surface area contributed by atoms with Gasteiger partial charge in [-0.15, -0.1) is 0 Å². The summed E-state index contributed by atoms with van der Waals surface area (Å²) in [5.74, 6) is -0.0220. The number of ether oxygens (including phenoxy) is 6. The third-order valence-corrected chi connectivity index (χ3v) is 7.45. The summed E-state index contributed by atoms with van der Waals surface area (Å²) in [6, 6.07) is 8.21. The van der Waals surface area contributed by atoms with Crippen molar-refractivity contribution in [2.75, 3.05) is 13.2 Å². The third kappa shape index (κ3) is 4.47. The van der Waals surface area contributed by atoms with Gasteiger partial charge in [0.05, 0.1) is 35.3 Å². The number of rotatable bonds is 6. The van der Waals surface area contributed by atoms with Crippen LogP contribution in [0.5, 0.6) is 11.5 Å². The number of fused-ring (bicyclic) bond motifs is 2. The SMILES string of the molecule is O=C(Oc1cccc([N+](=O)[O-])c1C1CC2CCO[C@H]2O1)Oc1cccc([N+](=O)[O-])c1C1CC2CCO[C@H]2O1. The van der Waals surface area contributed by atoms with Crippen molar-refractivity contribution in [2.24, 2.45) is 11.8 Å². The molecule has 0 aromatic heterocycles. The summed E-state index contributed by atoms with van der Waals surface area (Å²) in [5.41, 5.74) is -0.309. The molecule has 6 atom stereocenters. The van der Waals surface area contributed by atoms with Crippen molar-refractivity contribution < 1.29 is 43.1 Å². The van der Waals surface area contributed by atoms with Crippen molar-refractivity contribution in [3.63, 3.8) is 0 Å². The average Bonchev–Trinajstić information content (AvgIpc) is 3.65. The van der Waals surface area contributed by atoms with E-state index in [1.54, 1.807) is 0 Å². The molecule has 0 amide bonds. The van der Waals surface area contributed by atoms with Gasteiger partial charge in [-0.2, -0.15) is 0 Å². The molecule has 2 aromatic carbocycles. The number of carbonyl (C=O) groups is 1. The Morgan fingerprint density at radius 1 is 0.763 bits per heavy atom. The van der Waals surface area contributed by atoms with Crippen LogP contribution in [0.3, 0.4) is 0 Å². The van der Waals surface area contributed by atoms with Crippen LogP contribution in [0.4, 0.5) is 16.2 Å². The standard InChI is InChI=1S/C25H24N2O11/c28-25(37-17-5-1-3-15(26(29)30)21(17)19-11-13-7-9-33-23(13)35-19)38-18-6-2-4-16(27(31)32)22(18)20-12-14-8-10-34-24(14)36-20/h1-6,13-14,19-20,23-24H,7-12H2/t13?,14?,19?,20?,23-,24-/m0/s1. The Balaban J connectivity index is 1.27. The zero-order valence-electron chi connectivity index (χ0n) is 20.1. The fraction of sp³-hybridized carbons (Fsp3) is 0.480. The predicted molar refractivity (Wildman–Crippen MR) is 125 cm³/mol. The van der Waals surface area contributed by atoms with Gasteiger partial charge in [-0.25, -0.2) is 4.79 Å². The predicted octanol–water partition coefficient (Wildman–Crippen LogP) is 4.73. The quantitative estimate of drug-likeness (QED) is 0.221. The number of hydrogen-bond donors (Lipinski definition) is 0. The first-order valence-electron chi connectivity index (χ1n) is 12.4. The molecular formula is C25H24N2O11. The van der Waals surface area contributed by atoms with Gasteiger partial charge in [0, 0.05) is 24.0 Å². The van der Waals surface area contributed by atoms with Crippen molar-refractivity contribution in [3.05, 3.63) is 67.8 Å². The van der Waals surface area contributed by atoms with Gasteiger partial charge in [-0.1, -0.05) is 12.1 Å². The van der Waals surface area contributed by atoms with Gasteiger partial charge < -0.3 is 28.4 Å². The molecule has 4 heterocycles. The van der Waals surface area contributed by atoms with Gasteiger partial charge in [0.1, 0.15) is 22.6 Å². The van der Waals surface area contributed by atoms with Gasteiger partial charge in [-0.3, -0.25) is 20.2 Å². The fourth-order valence-corrected chi connectivity index (χ4v) is 5.74. The van der Waals surface area contributed by atoms with E-state index < -0.39 is 40.8 Å². The summed E-state index contributed by atoms with van der Waals surface area (Å²) in [5, 5.41) is 23.6. The van der Waals surface area contributed by atoms with Gasteiger partial charge in [0.15, 0.2) is 12.6 Å². The van der Waals surface area contributed by atoms with Gasteiger partial charge in [0.25, 0.3) is 11.4 Å². The number of nitrogens with zero attached hydrogens (tertiary/aromatic N) is 2. The maximum absolute atomic E-state index is 13.0. The first-order valence-corrected chi connectivity index (χ1v) is 12.4. The van der Waals surface area contributed by atoms with Gasteiger partial charge >= 0.3 is 6.16 Å². The second-order valence-electron chi connectivity index (χ2n) is 9.64. The summed E-state index contributed by atoms with van der Waals surface area (Å²) >= 11 is 0. The molecule has 0 spiro atoms. The minimum atomic E-state index is -1.21. The highest BCUT2D eigenvalue weighted by atomic mass is 16.7. The van der Waals surface area contributed by atoms with E-state index in [0.29, 0.717) is 26.1 Å². The van der Waals surface area contributed by atoms with Gasteiger partial charge in [-0.05, 0) is 37.8 Å². The van der Waals surface area contributed by atoms with E-state index >= 15 is 0 Å². The van der Waals surface area contributed by atoms with Crippen LogP contribution in [-0.2, 0) is 18.9 Å². The van der Waals surface area contributed by atoms with Crippen LogP contribution in [0.2, 0.25) is 0 Å². The molecule has 4 aliphatic heterocycles. The molecule has 4 saturated heterocycles. The van der Waals surface area contributed by atoms with E-state index in [2.05, 4.69) is 0 Å². The average molecular weight is 528 g/mol. The Labute approximate surface area is 215 Å². The number of carbonyl (C=O) groups excluding carboxylic acids is 1. The molecule has 0 radical (unpaired) electrons. The summed E-state index contributed by atoms with van der Waals surface area (Å²) in [7, 11) is 0. The summed E-state index contributed by atoms with van der Waals surface area (Å²) in [4.78, 5) is 35.4. The monoisotopic (exact) mass is 528 g/mol. The minimum absolute atomic E-state index is 0.0851. The Hall–Kier alpha value is -3.65. The largest absolute Gasteiger partial charge is 0.519 e. The molecule has 0 N–H and O–H groups in total. The first-order chi connectivity index (χ1) is 18.4. The molecule has 4 unspecified atom stereocenters. The highest BCUT2D eigenvalue weighted by Gasteiger charge is 2.45.